The van der Waals surface area contributed by atoms with E-state index in [1.54, 1.807) is 6.20 Å². The number of pyridine rings is 1. The first kappa shape index (κ1) is 14.0. The van der Waals surface area contributed by atoms with Crippen LogP contribution in [-0.2, 0) is 6.42 Å². The van der Waals surface area contributed by atoms with Crippen molar-refractivity contribution >= 4 is 43.5 Å². The highest BCUT2D eigenvalue weighted by Gasteiger charge is 2.12. The average Bonchev–Trinajstić information content (AvgIpc) is 2.32. The average molecular weight is 391 g/mol. The number of aromatic nitrogens is 1. The Balaban J connectivity index is 2.21. The van der Waals surface area contributed by atoms with Crippen LogP contribution in [0.2, 0.25) is 5.02 Å². The first-order valence-corrected chi connectivity index (χ1v) is 7.32. The zero-order valence-electron chi connectivity index (χ0n) is 9.41. The van der Waals surface area contributed by atoms with Crippen molar-refractivity contribution in [1.82, 2.24) is 4.98 Å². The fraction of sp³-hybridized carbons (Fsp3) is 0.154. The minimum atomic E-state index is -0.147. The predicted octanol–water partition coefficient (Wildman–Crippen LogP) is 4.50. The van der Waals surface area contributed by atoms with Gasteiger partial charge in [0.15, 0.2) is 0 Å². The number of halogens is 3. The van der Waals surface area contributed by atoms with Crippen LogP contribution in [0.25, 0.3) is 0 Å². The standard InChI is InChI=1S/C13H11Br2ClN2/c14-9-1-2-12(16)11(5-9)13(17)4-8-3-10(15)7-18-6-8/h1-3,5-7,13H,4,17H2. The van der Waals surface area contributed by atoms with Gasteiger partial charge in [-0.15, -0.1) is 0 Å². The fourth-order valence-corrected chi connectivity index (χ4v) is 2.78. The van der Waals surface area contributed by atoms with Gasteiger partial charge in [0.1, 0.15) is 0 Å². The zero-order chi connectivity index (χ0) is 13.1. The van der Waals surface area contributed by atoms with Gasteiger partial charge in [0.05, 0.1) is 0 Å². The van der Waals surface area contributed by atoms with Crippen molar-refractivity contribution in [3.8, 4) is 0 Å². The van der Waals surface area contributed by atoms with Gasteiger partial charge in [-0.2, -0.15) is 0 Å². The van der Waals surface area contributed by atoms with Gasteiger partial charge < -0.3 is 5.73 Å². The maximum absolute atomic E-state index is 6.20. The molecule has 1 heterocycles. The molecule has 2 N–H and O–H groups in total. The van der Waals surface area contributed by atoms with Crippen molar-refractivity contribution in [3.05, 3.63) is 61.8 Å². The Bertz CT molecular complexity index is 560. The molecule has 0 aliphatic carbocycles. The molecule has 0 bridgehead atoms. The molecule has 1 aromatic carbocycles. The van der Waals surface area contributed by atoms with Crippen molar-refractivity contribution in [2.45, 2.75) is 12.5 Å². The van der Waals surface area contributed by atoms with Crippen molar-refractivity contribution in [2.24, 2.45) is 5.73 Å². The van der Waals surface area contributed by atoms with Crippen LogP contribution in [0, 0.1) is 0 Å². The topological polar surface area (TPSA) is 38.9 Å². The molecule has 2 aromatic rings. The Kier molecular flexibility index (Phi) is 4.78. The molecule has 0 aliphatic heterocycles. The first-order valence-electron chi connectivity index (χ1n) is 5.36. The Morgan fingerprint density at radius 2 is 1.94 bits per heavy atom. The lowest BCUT2D eigenvalue weighted by Crippen LogP contribution is -2.14. The van der Waals surface area contributed by atoms with Crippen LogP contribution in [0.15, 0.2) is 45.6 Å². The molecule has 1 aromatic heterocycles. The van der Waals surface area contributed by atoms with E-state index in [2.05, 4.69) is 36.8 Å². The largest absolute Gasteiger partial charge is 0.324 e. The molecule has 94 valence electrons. The highest BCUT2D eigenvalue weighted by Crippen LogP contribution is 2.27. The summed E-state index contributed by atoms with van der Waals surface area (Å²) in [6.07, 6.45) is 4.26. The van der Waals surface area contributed by atoms with E-state index < -0.39 is 0 Å². The minimum Gasteiger partial charge on any atom is -0.324 e. The maximum Gasteiger partial charge on any atom is 0.0454 e. The lowest BCUT2D eigenvalue weighted by Gasteiger charge is -2.14. The summed E-state index contributed by atoms with van der Waals surface area (Å²) >= 11 is 13.0. The molecule has 0 aliphatic rings. The second-order valence-corrected chi connectivity index (χ2v) is 6.23. The maximum atomic E-state index is 6.20. The van der Waals surface area contributed by atoms with Crippen LogP contribution in [0.5, 0.6) is 0 Å². The van der Waals surface area contributed by atoms with Crippen LogP contribution in [0.1, 0.15) is 17.2 Å². The Hall–Kier alpha value is -0.420. The molecule has 0 saturated carbocycles. The van der Waals surface area contributed by atoms with Gasteiger partial charge in [-0.25, -0.2) is 0 Å². The zero-order valence-corrected chi connectivity index (χ0v) is 13.3. The van der Waals surface area contributed by atoms with E-state index in [4.69, 9.17) is 17.3 Å². The highest BCUT2D eigenvalue weighted by molar-refractivity contribution is 9.10. The van der Waals surface area contributed by atoms with Gasteiger partial charge >= 0.3 is 0 Å². The molecule has 0 fully saturated rings. The number of benzene rings is 1. The van der Waals surface area contributed by atoms with Crippen LogP contribution in [0.3, 0.4) is 0 Å². The molecule has 1 atom stereocenters. The molecule has 0 saturated heterocycles. The first-order chi connectivity index (χ1) is 8.56. The second kappa shape index (κ2) is 6.15. The van der Waals surface area contributed by atoms with E-state index >= 15 is 0 Å². The number of nitrogens with zero attached hydrogens (tertiary/aromatic N) is 1. The van der Waals surface area contributed by atoms with Crippen molar-refractivity contribution in [3.63, 3.8) is 0 Å². The van der Waals surface area contributed by atoms with Crippen molar-refractivity contribution in [1.29, 1.82) is 0 Å². The molecule has 18 heavy (non-hydrogen) atoms. The van der Waals surface area contributed by atoms with Crippen LogP contribution >= 0.6 is 43.5 Å². The third kappa shape index (κ3) is 3.54. The van der Waals surface area contributed by atoms with E-state index in [1.165, 1.54) is 0 Å². The number of rotatable bonds is 3. The van der Waals surface area contributed by atoms with E-state index in [-0.39, 0.29) is 6.04 Å². The van der Waals surface area contributed by atoms with Gasteiger partial charge in [0.2, 0.25) is 0 Å². The summed E-state index contributed by atoms with van der Waals surface area (Å²) in [5.41, 5.74) is 8.21. The lowest BCUT2D eigenvalue weighted by molar-refractivity contribution is 0.719. The molecule has 1 unspecified atom stereocenters. The van der Waals surface area contributed by atoms with Crippen LogP contribution < -0.4 is 5.73 Å². The highest BCUT2D eigenvalue weighted by atomic mass is 79.9. The molecule has 0 amide bonds. The summed E-state index contributed by atoms with van der Waals surface area (Å²) in [6, 6.07) is 7.57. The van der Waals surface area contributed by atoms with Crippen LogP contribution in [-0.4, -0.2) is 4.98 Å². The molecule has 2 rings (SSSR count). The monoisotopic (exact) mass is 388 g/mol. The van der Waals surface area contributed by atoms with E-state index in [9.17, 15) is 0 Å². The third-order valence-corrected chi connectivity index (χ3v) is 3.85. The van der Waals surface area contributed by atoms with Gasteiger partial charge in [-0.05, 0) is 57.7 Å². The summed E-state index contributed by atoms with van der Waals surface area (Å²) in [6.45, 7) is 0. The van der Waals surface area contributed by atoms with E-state index in [1.807, 2.05) is 30.5 Å². The number of hydrogen-bond acceptors (Lipinski definition) is 2. The quantitative estimate of drug-likeness (QED) is 0.838. The van der Waals surface area contributed by atoms with Gasteiger partial charge in [0, 0.05) is 32.4 Å². The SMILES string of the molecule is NC(Cc1cncc(Br)c1)c1cc(Br)ccc1Cl. The smallest absolute Gasteiger partial charge is 0.0454 e. The van der Waals surface area contributed by atoms with Gasteiger partial charge in [-0.3, -0.25) is 4.98 Å². The fourth-order valence-electron chi connectivity index (χ4n) is 1.73. The Morgan fingerprint density at radius 1 is 1.17 bits per heavy atom. The van der Waals surface area contributed by atoms with E-state index in [0.717, 1.165) is 20.1 Å². The number of nitrogens with two attached hydrogens (primary N) is 1. The second-order valence-electron chi connectivity index (χ2n) is 3.99. The molecule has 0 radical (unpaired) electrons. The molecule has 5 heteroatoms. The molecular formula is C13H11Br2ClN2. The van der Waals surface area contributed by atoms with Crippen LogP contribution in [0.4, 0.5) is 0 Å². The van der Waals surface area contributed by atoms with Gasteiger partial charge in [-0.1, -0.05) is 27.5 Å². The molecule has 0 spiro atoms. The Labute approximate surface area is 128 Å². The summed E-state index contributed by atoms with van der Waals surface area (Å²) in [5.74, 6) is 0. The number of hydrogen-bond donors (Lipinski definition) is 1. The van der Waals surface area contributed by atoms with Gasteiger partial charge in [0.25, 0.3) is 0 Å². The van der Waals surface area contributed by atoms with Crippen molar-refractivity contribution in [2.75, 3.05) is 0 Å². The minimum absolute atomic E-state index is 0.147. The Morgan fingerprint density at radius 3 is 2.67 bits per heavy atom. The van der Waals surface area contributed by atoms with Crippen molar-refractivity contribution < 1.29 is 0 Å². The molecule has 2 nitrogen and oxygen atoms in total. The summed E-state index contributed by atoms with van der Waals surface area (Å²) in [5, 5.41) is 0.689. The third-order valence-electron chi connectivity index (χ3n) is 2.57. The normalized spacial score (nSPS) is 12.4. The predicted molar refractivity (Wildman–Crippen MR) is 81.7 cm³/mol. The lowest BCUT2D eigenvalue weighted by atomic mass is 10.0. The summed E-state index contributed by atoms with van der Waals surface area (Å²) in [7, 11) is 0. The summed E-state index contributed by atoms with van der Waals surface area (Å²) < 4.78 is 1.93. The van der Waals surface area contributed by atoms with E-state index in [0.29, 0.717) is 11.4 Å². The molecular weight excluding hydrogens is 379 g/mol. The summed E-state index contributed by atoms with van der Waals surface area (Å²) in [4.78, 5) is 4.13.